The first-order valence-electron chi connectivity index (χ1n) is 9.41. The Kier molecular flexibility index (Phi) is 4.56. The average Bonchev–Trinajstić information content (AvgIpc) is 3.32. The molecule has 0 atom stereocenters. The van der Waals surface area contributed by atoms with E-state index in [1.165, 1.54) is 0 Å². The third-order valence-corrected chi connectivity index (χ3v) is 5.46. The highest BCUT2D eigenvalue weighted by atomic mass is 16.5. The highest BCUT2D eigenvalue weighted by Crippen LogP contribution is 2.41. The van der Waals surface area contributed by atoms with Gasteiger partial charge in [0.2, 0.25) is 0 Å². The monoisotopic (exact) mass is 363 g/mol. The third-order valence-electron chi connectivity index (χ3n) is 5.46. The molecule has 4 rings (SSSR count). The van der Waals surface area contributed by atoms with Crippen molar-refractivity contribution in [1.29, 1.82) is 0 Å². The summed E-state index contributed by atoms with van der Waals surface area (Å²) in [6, 6.07) is 14.3. The van der Waals surface area contributed by atoms with Gasteiger partial charge in [0.15, 0.2) is 5.82 Å². The van der Waals surface area contributed by atoms with Crippen LogP contribution in [0, 0.1) is 13.8 Å². The van der Waals surface area contributed by atoms with Crippen molar-refractivity contribution >= 4 is 5.69 Å². The molecule has 0 saturated heterocycles. The van der Waals surface area contributed by atoms with Gasteiger partial charge in [-0.25, -0.2) is 0 Å². The second-order valence-corrected chi connectivity index (χ2v) is 7.30. The Labute approximate surface area is 159 Å². The summed E-state index contributed by atoms with van der Waals surface area (Å²) in [5, 5.41) is 16.6. The fraction of sp³-hybridized carbons (Fsp3) is 0.381. The van der Waals surface area contributed by atoms with Gasteiger partial charge >= 0.3 is 0 Å². The van der Waals surface area contributed by atoms with Crippen molar-refractivity contribution in [2.45, 2.75) is 45.1 Å². The minimum absolute atomic E-state index is 0.287. The van der Waals surface area contributed by atoms with Gasteiger partial charge in [-0.15, -0.1) is 5.10 Å². The van der Waals surface area contributed by atoms with Crippen LogP contribution in [0.4, 0.5) is 5.69 Å². The zero-order valence-electron chi connectivity index (χ0n) is 16.1. The summed E-state index contributed by atoms with van der Waals surface area (Å²) in [6.45, 7) is 4.20. The van der Waals surface area contributed by atoms with Crippen LogP contribution in [0.1, 0.15) is 42.6 Å². The third kappa shape index (κ3) is 3.16. The van der Waals surface area contributed by atoms with Crippen LogP contribution in [0.25, 0.3) is 5.69 Å². The van der Waals surface area contributed by atoms with Crippen LogP contribution in [0.2, 0.25) is 0 Å². The first kappa shape index (κ1) is 17.5. The molecule has 1 fully saturated rings. The van der Waals surface area contributed by atoms with Crippen molar-refractivity contribution < 1.29 is 4.74 Å². The topological polar surface area (TPSA) is 64.9 Å². The Balaban J connectivity index is 1.79. The molecule has 3 aromatic rings. The summed E-state index contributed by atoms with van der Waals surface area (Å²) in [6.07, 6.45) is 4.29. The standard InChI is InChI=1S/C21H25N5O/c1-15-8-6-9-16(2)19(15)26-20(23-24-25-26)21(12-4-5-13-21)22-17-10-7-11-18(14-17)27-3/h6-11,14,22H,4-5,12-13H2,1-3H3. The van der Waals surface area contributed by atoms with Gasteiger partial charge in [0.25, 0.3) is 0 Å². The van der Waals surface area contributed by atoms with E-state index in [0.717, 1.165) is 59.8 Å². The molecule has 1 saturated carbocycles. The van der Waals surface area contributed by atoms with Crippen LogP contribution >= 0.6 is 0 Å². The average molecular weight is 363 g/mol. The minimum atomic E-state index is -0.287. The highest BCUT2D eigenvalue weighted by Gasteiger charge is 2.41. The maximum Gasteiger partial charge on any atom is 0.181 e. The van der Waals surface area contributed by atoms with Gasteiger partial charge in [-0.1, -0.05) is 37.1 Å². The number of nitrogens with one attached hydrogen (secondary N) is 1. The Bertz CT molecular complexity index is 923. The normalized spacial score (nSPS) is 15.7. The summed E-state index contributed by atoms with van der Waals surface area (Å²) >= 11 is 0. The number of hydrogen-bond donors (Lipinski definition) is 1. The highest BCUT2D eigenvalue weighted by molar-refractivity contribution is 5.52. The van der Waals surface area contributed by atoms with Gasteiger partial charge in [0.1, 0.15) is 5.75 Å². The number of benzene rings is 2. The van der Waals surface area contributed by atoms with Crippen molar-refractivity contribution in [3.63, 3.8) is 0 Å². The molecule has 1 aromatic heterocycles. The second-order valence-electron chi connectivity index (χ2n) is 7.30. The molecule has 2 aromatic carbocycles. The van der Waals surface area contributed by atoms with Gasteiger partial charge in [-0.05, 0) is 60.4 Å². The van der Waals surface area contributed by atoms with E-state index in [0.29, 0.717) is 0 Å². The Morgan fingerprint density at radius 3 is 2.44 bits per heavy atom. The summed E-state index contributed by atoms with van der Waals surface area (Å²) in [5.74, 6) is 1.71. The van der Waals surface area contributed by atoms with Gasteiger partial charge in [-0.2, -0.15) is 4.68 Å². The number of aryl methyl sites for hydroxylation is 2. The van der Waals surface area contributed by atoms with Crippen LogP contribution in [-0.2, 0) is 5.54 Å². The van der Waals surface area contributed by atoms with Crippen LogP contribution < -0.4 is 10.1 Å². The summed E-state index contributed by atoms with van der Waals surface area (Å²) < 4.78 is 7.30. The largest absolute Gasteiger partial charge is 0.497 e. The lowest BCUT2D eigenvalue weighted by molar-refractivity contribution is 0.414. The van der Waals surface area contributed by atoms with Crippen molar-refractivity contribution in [2.75, 3.05) is 12.4 Å². The molecule has 6 nitrogen and oxygen atoms in total. The van der Waals surface area contributed by atoms with Gasteiger partial charge in [0, 0.05) is 11.8 Å². The quantitative estimate of drug-likeness (QED) is 0.737. The van der Waals surface area contributed by atoms with Crippen LogP contribution in [0.3, 0.4) is 0 Å². The lowest BCUT2D eigenvalue weighted by atomic mass is 9.95. The van der Waals surface area contributed by atoms with E-state index in [1.807, 2.05) is 22.9 Å². The maximum atomic E-state index is 5.38. The van der Waals surface area contributed by atoms with Gasteiger partial charge < -0.3 is 10.1 Å². The zero-order chi connectivity index (χ0) is 18.9. The molecular weight excluding hydrogens is 338 g/mol. The number of hydrogen-bond acceptors (Lipinski definition) is 5. The van der Waals surface area contributed by atoms with E-state index >= 15 is 0 Å². The van der Waals surface area contributed by atoms with Crippen molar-refractivity contribution in [1.82, 2.24) is 20.2 Å². The van der Waals surface area contributed by atoms with Crippen LogP contribution in [0.5, 0.6) is 5.75 Å². The Morgan fingerprint density at radius 2 is 1.74 bits per heavy atom. The summed E-state index contributed by atoms with van der Waals surface area (Å²) in [4.78, 5) is 0. The molecule has 0 spiro atoms. The fourth-order valence-corrected chi connectivity index (χ4v) is 4.14. The number of para-hydroxylation sites is 1. The lowest BCUT2D eigenvalue weighted by Crippen LogP contribution is -2.35. The van der Waals surface area contributed by atoms with Crippen molar-refractivity contribution in [2.24, 2.45) is 0 Å². The molecule has 27 heavy (non-hydrogen) atoms. The molecule has 0 aliphatic heterocycles. The van der Waals surface area contributed by atoms with Gasteiger partial charge in [-0.3, -0.25) is 0 Å². The zero-order valence-corrected chi connectivity index (χ0v) is 16.1. The number of ether oxygens (including phenoxy) is 1. The number of nitrogens with zero attached hydrogens (tertiary/aromatic N) is 4. The van der Waals surface area contributed by atoms with Crippen LogP contribution in [0.15, 0.2) is 42.5 Å². The van der Waals surface area contributed by atoms with Crippen LogP contribution in [-0.4, -0.2) is 27.3 Å². The Hall–Kier alpha value is -2.89. The number of methoxy groups -OCH3 is 1. The predicted octanol–water partition coefficient (Wildman–Crippen LogP) is 4.17. The molecule has 1 aliphatic rings. The van der Waals surface area contributed by atoms with Crippen molar-refractivity contribution in [3.8, 4) is 11.4 Å². The molecule has 0 amide bonds. The number of rotatable bonds is 5. The number of tetrazole rings is 1. The van der Waals surface area contributed by atoms with E-state index in [9.17, 15) is 0 Å². The van der Waals surface area contributed by atoms with E-state index in [-0.39, 0.29) is 5.54 Å². The van der Waals surface area contributed by atoms with Gasteiger partial charge in [0.05, 0.1) is 18.3 Å². The maximum absolute atomic E-state index is 5.38. The molecule has 0 bridgehead atoms. The predicted molar refractivity (Wildman–Crippen MR) is 105 cm³/mol. The lowest BCUT2D eigenvalue weighted by Gasteiger charge is -2.30. The van der Waals surface area contributed by atoms with E-state index < -0.39 is 0 Å². The molecular formula is C21H25N5O. The molecule has 0 radical (unpaired) electrons. The van der Waals surface area contributed by atoms with E-state index in [4.69, 9.17) is 4.74 Å². The Morgan fingerprint density at radius 1 is 1.04 bits per heavy atom. The van der Waals surface area contributed by atoms with Crippen molar-refractivity contribution in [3.05, 3.63) is 59.4 Å². The first-order valence-corrected chi connectivity index (χ1v) is 9.41. The minimum Gasteiger partial charge on any atom is -0.497 e. The molecule has 140 valence electrons. The number of aromatic nitrogens is 4. The van der Waals surface area contributed by atoms with E-state index in [2.05, 4.69) is 59.0 Å². The molecule has 1 N–H and O–H groups in total. The van der Waals surface area contributed by atoms with E-state index in [1.54, 1.807) is 7.11 Å². The molecule has 1 heterocycles. The smallest absolute Gasteiger partial charge is 0.181 e. The number of anilines is 1. The summed E-state index contributed by atoms with van der Waals surface area (Å²) in [5.41, 5.74) is 4.13. The SMILES string of the molecule is COc1cccc(NC2(c3nnnn3-c3c(C)cccc3C)CCCC2)c1. The second kappa shape index (κ2) is 7.02. The summed E-state index contributed by atoms with van der Waals surface area (Å²) in [7, 11) is 1.69. The molecule has 6 heteroatoms. The molecule has 0 unspecified atom stereocenters. The molecule has 1 aliphatic carbocycles. The first-order chi connectivity index (χ1) is 13.1. The fourth-order valence-electron chi connectivity index (χ4n) is 4.14.